The zero-order valence-corrected chi connectivity index (χ0v) is 15.2. The van der Waals surface area contributed by atoms with Gasteiger partial charge < -0.3 is 15.2 Å². The zero-order chi connectivity index (χ0) is 20.3. The lowest BCUT2D eigenvalue weighted by Gasteiger charge is -2.26. The van der Waals surface area contributed by atoms with Crippen LogP contribution >= 0.6 is 0 Å². The smallest absolute Gasteiger partial charge is 0.360 e. The Balaban J connectivity index is 1.52. The average molecular weight is 395 g/mol. The molecular formula is C19H20F3N3O3. The topological polar surface area (TPSA) is 84.2 Å². The maximum Gasteiger partial charge on any atom is 0.416 e. The van der Waals surface area contributed by atoms with E-state index in [-0.39, 0.29) is 29.3 Å². The number of hydrogen-bond acceptors (Lipinski definition) is 4. The molecule has 0 radical (unpaired) electrons. The van der Waals surface area contributed by atoms with Crippen LogP contribution in [-0.2, 0) is 15.8 Å². The van der Waals surface area contributed by atoms with Crippen LogP contribution in [0.5, 0.6) is 0 Å². The average Bonchev–Trinajstić information content (AvgIpc) is 3.06. The van der Waals surface area contributed by atoms with Crippen LogP contribution in [-0.4, -0.2) is 17.0 Å². The summed E-state index contributed by atoms with van der Waals surface area (Å²) in [4.78, 5) is 24.7. The maximum atomic E-state index is 12.8. The number of anilines is 2. The van der Waals surface area contributed by atoms with Gasteiger partial charge in [-0.1, -0.05) is 11.2 Å². The predicted molar refractivity (Wildman–Crippen MR) is 95.4 cm³/mol. The molecule has 0 bridgehead atoms. The Labute approximate surface area is 159 Å². The van der Waals surface area contributed by atoms with Crippen molar-refractivity contribution in [1.82, 2.24) is 5.16 Å². The summed E-state index contributed by atoms with van der Waals surface area (Å²) in [7, 11) is 0. The molecule has 0 aliphatic heterocycles. The molecule has 3 rings (SSSR count). The Morgan fingerprint density at radius 3 is 2.18 bits per heavy atom. The summed E-state index contributed by atoms with van der Waals surface area (Å²) < 4.78 is 43.2. The molecule has 0 spiro atoms. The van der Waals surface area contributed by atoms with Gasteiger partial charge in [0.15, 0.2) is 5.82 Å². The highest BCUT2D eigenvalue weighted by atomic mass is 19.4. The van der Waals surface area contributed by atoms with Crippen LogP contribution in [0.3, 0.4) is 0 Å². The number of hydrogen-bond donors (Lipinski definition) is 2. The van der Waals surface area contributed by atoms with Crippen LogP contribution in [0.25, 0.3) is 0 Å². The van der Waals surface area contributed by atoms with Gasteiger partial charge >= 0.3 is 6.18 Å². The molecule has 0 unspecified atom stereocenters. The molecule has 150 valence electrons. The largest absolute Gasteiger partial charge is 0.416 e. The number of amides is 2. The standard InChI is InChI=1S/C19H20F3N3O3/c1-11-9-16(25-28-11)24-18(27)13-7-5-12(6-8-13)17(26)23-15-4-2-3-14(10-15)19(20,21)22/h2-4,9-10,12-13H,5-8H2,1H3,(H,23,26)(H,24,25,27). The fraction of sp³-hybridized carbons (Fsp3) is 0.421. The van der Waals surface area contributed by atoms with Crippen molar-refractivity contribution < 1.29 is 27.3 Å². The summed E-state index contributed by atoms with van der Waals surface area (Å²) in [6, 6.07) is 6.16. The molecule has 1 saturated carbocycles. The number of alkyl halides is 3. The molecule has 1 fully saturated rings. The van der Waals surface area contributed by atoms with Crippen LogP contribution in [0.15, 0.2) is 34.9 Å². The first-order valence-electron chi connectivity index (χ1n) is 8.94. The van der Waals surface area contributed by atoms with Gasteiger partial charge in [-0.05, 0) is 50.8 Å². The summed E-state index contributed by atoms with van der Waals surface area (Å²) in [5, 5.41) is 8.95. The van der Waals surface area contributed by atoms with Crippen LogP contribution in [0.1, 0.15) is 37.0 Å². The minimum absolute atomic E-state index is 0.112. The molecule has 9 heteroatoms. The Morgan fingerprint density at radius 1 is 1.04 bits per heavy atom. The fourth-order valence-electron chi connectivity index (χ4n) is 3.29. The molecular weight excluding hydrogens is 375 g/mol. The van der Waals surface area contributed by atoms with E-state index in [4.69, 9.17) is 4.52 Å². The van der Waals surface area contributed by atoms with Gasteiger partial charge in [0.1, 0.15) is 5.76 Å². The Bertz CT molecular complexity index is 855. The molecule has 1 aromatic carbocycles. The molecule has 1 aliphatic carbocycles. The van der Waals surface area contributed by atoms with Gasteiger partial charge in [0, 0.05) is 23.6 Å². The maximum absolute atomic E-state index is 12.8. The normalized spacial score (nSPS) is 19.9. The Kier molecular flexibility index (Phi) is 5.71. The molecule has 2 aromatic rings. The van der Waals surface area contributed by atoms with Gasteiger partial charge in [-0.3, -0.25) is 9.59 Å². The second-order valence-electron chi connectivity index (χ2n) is 6.93. The number of carbonyl (C=O) groups is 2. The molecule has 1 aromatic heterocycles. The second-order valence-corrected chi connectivity index (χ2v) is 6.93. The van der Waals surface area contributed by atoms with Gasteiger partial charge in [0.25, 0.3) is 0 Å². The molecule has 2 amide bonds. The fourth-order valence-corrected chi connectivity index (χ4v) is 3.29. The summed E-state index contributed by atoms with van der Waals surface area (Å²) in [6.07, 6.45) is -2.46. The number of aryl methyl sites for hydroxylation is 1. The van der Waals surface area contributed by atoms with Crippen LogP contribution in [0, 0.1) is 18.8 Å². The van der Waals surface area contributed by atoms with E-state index >= 15 is 0 Å². The third-order valence-corrected chi connectivity index (χ3v) is 4.81. The van der Waals surface area contributed by atoms with Crippen molar-refractivity contribution in [1.29, 1.82) is 0 Å². The van der Waals surface area contributed by atoms with Crippen molar-refractivity contribution in [3.05, 3.63) is 41.7 Å². The van der Waals surface area contributed by atoms with E-state index in [1.807, 2.05) is 0 Å². The summed E-state index contributed by atoms with van der Waals surface area (Å²) in [6.45, 7) is 1.72. The number of benzene rings is 1. The van der Waals surface area contributed by atoms with Gasteiger partial charge in [-0.15, -0.1) is 0 Å². The van der Waals surface area contributed by atoms with Crippen LogP contribution in [0.2, 0.25) is 0 Å². The quantitative estimate of drug-likeness (QED) is 0.804. The first kappa shape index (κ1) is 19.9. The second kappa shape index (κ2) is 8.04. The lowest BCUT2D eigenvalue weighted by Crippen LogP contribution is -2.32. The number of aromatic nitrogens is 1. The minimum Gasteiger partial charge on any atom is -0.360 e. The highest BCUT2D eigenvalue weighted by molar-refractivity contribution is 5.94. The van der Waals surface area contributed by atoms with Crippen molar-refractivity contribution in [3.8, 4) is 0 Å². The molecule has 1 aliphatic rings. The molecule has 28 heavy (non-hydrogen) atoms. The number of nitrogens with one attached hydrogen (secondary N) is 2. The van der Waals surface area contributed by atoms with E-state index in [1.54, 1.807) is 13.0 Å². The molecule has 0 saturated heterocycles. The van der Waals surface area contributed by atoms with Gasteiger partial charge in [0.05, 0.1) is 5.56 Å². The Hall–Kier alpha value is -2.84. The third-order valence-electron chi connectivity index (χ3n) is 4.81. The van der Waals surface area contributed by atoms with Crippen molar-refractivity contribution in [3.63, 3.8) is 0 Å². The predicted octanol–water partition coefficient (Wildman–Crippen LogP) is 4.39. The van der Waals surface area contributed by atoms with Gasteiger partial charge in [-0.25, -0.2) is 0 Å². The van der Waals surface area contributed by atoms with E-state index in [0.29, 0.717) is 37.3 Å². The third kappa shape index (κ3) is 4.90. The van der Waals surface area contributed by atoms with E-state index in [2.05, 4.69) is 15.8 Å². The monoisotopic (exact) mass is 395 g/mol. The summed E-state index contributed by atoms with van der Waals surface area (Å²) >= 11 is 0. The lowest BCUT2D eigenvalue weighted by molar-refractivity contribution is -0.137. The molecule has 6 nitrogen and oxygen atoms in total. The van der Waals surface area contributed by atoms with E-state index in [1.165, 1.54) is 12.1 Å². The highest BCUT2D eigenvalue weighted by Gasteiger charge is 2.32. The zero-order valence-electron chi connectivity index (χ0n) is 15.2. The van der Waals surface area contributed by atoms with Crippen LogP contribution < -0.4 is 10.6 Å². The van der Waals surface area contributed by atoms with Crippen LogP contribution in [0.4, 0.5) is 24.7 Å². The van der Waals surface area contributed by atoms with Crippen molar-refractivity contribution in [2.45, 2.75) is 38.8 Å². The Morgan fingerprint density at radius 2 is 1.64 bits per heavy atom. The number of carbonyl (C=O) groups excluding carboxylic acids is 2. The highest BCUT2D eigenvalue weighted by Crippen LogP contribution is 2.32. The number of halogens is 3. The van der Waals surface area contributed by atoms with E-state index < -0.39 is 11.7 Å². The van der Waals surface area contributed by atoms with Crippen molar-refractivity contribution in [2.75, 3.05) is 10.6 Å². The lowest BCUT2D eigenvalue weighted by atomic mass is 9.81. The first-order valence-corrected chi connectivity index (χ1v) is 8.94. The number of rotatable bonds is 4. The summed E-state index contributed by atoms with van der Waals surface area (Å²) in [5.74, 6) is -0.143. The van der Waals surface area contributed by atoms with Gasteiger partial charge in [0.2, 0.25) is 11.8 Å². The number of nitrogens with zero attached hydrogens (tertiary/aromatic N) is 1. The molecule has 2 N–H and O–H groups in total. The minimum atomic E-state index is -4.46. The molecule has 0 atom stereocenters. The van der Waals surface area contributed by atoms with Crippen molar-refractivity contribution in [2.24, 2.45) is 11.8 Å². The summed E-state index contributed by atoms with van der Waals surface area (Å²) in [5.41, 5.74) is -0.699. The van der Waals surface area contributed by atoms with Crippen molar-refractivity contribution >= 4 is 23.3 Å². The van der Waals surface area contributed by atoms with E-state index in [9.17, 15) is 22.8 Å². The SMILES string of the molecule is Cc1cc(NC(=O)C2CCC(C(=O)Nc3cccc(C(F)(F)F)c3)CC2)no1. The van der Waals surface area contributed by atoms with E-state index in [0.717, 1.165) is 12.1 Å². The molecule has 1 heterocycles. The first-order chi connectivity index (χ1) is 13.2. The van der Waals surface area contributed by atoms with Gasteiger partial charge in [-0.2, -0.15) is 13.2 Å².